The Morgan fingerprint density at radius 1 is 1.22 bits per heavy atom. The molecule has 0 bridgehead atoms. The first-order valence-corrected chi connectivity index (χ1v) is 7.86. The number of hydrogen-bond acceptors (Lipinski definition) is 5. The summed E-state index contributed by atoms with van der Waals surface area (Å²) in [4.78, 5) is 21.8. The number of aromatic carboxylic acids is 1. The smallest absolute Gasteiger partial charge is 0.354 e. The Hall–Kier alpha value is -2.63. The molecule has 0 atom stereocenters. The Balaban J connectivity index is 1.66. The second-order valence-electron chi connectivity index (χ2n) is 5.64. The van der Waals surface area contributed by atoms with Gasteiger partial charge in [-0.3, -0.25) is 0 Å². The van der Waals surface area contributed by atoms with Gasteiger partial charge in [0.15, 0.2) is 5.69 Å². The highest BCUT2D eigenvalue weighted by molar-refractivity contribution is 5.85. The summed E-state index contributed by atoms with van der Waals surface area (Å²) in [6.07, 6.45) is 5.55. The summed E-state index contributed by atoms with van der Waals surface area (Å²) >= 11 is 0. The maximum atomic E-state index is 10.9. The fourth-order valence-corrected chi connectivity index (χ4v) is 2.71. The number of piperidine rings is 1. The summed E-state index contributed by atoms with van der Waals surface area (Å²) in [6, 6.07) is 8.97. The lowest BCUT2D eigenvalue weighted by atomic mass is 10.1. The Kier molecular flexibility index (Phi) is 4.71. The monoisotopic (exact) mass is 312 g/mol. The molecule has 3 heterocycles. The molecule has 2 aromatic rings. The Morgan fingerprint density at radius 2 is 2.04 bits per heavy atom. The van der Waals surface area contributed by atoms with Gasteiger partial charge < -0.3 is 15.3 Å². The molecular weight excluding hydrogens is 292 g/mol. The summed E-state index contributed by atoms with van der Waals surface area (Å²) in [6.45, 7) is 2.71. The molecule has 0 amide bonds. The van der Waals surface area contributed by atoms with E-state index in [9.17, 15) is 4.79 Å². The predicted octanol–water partition coefficient (Wildman–Crippen LogP) is 2.78. The molecule has 1 saturated heterocycles. The van der Waals surface area contributed by atoms with Crippen LogP contribution in [0.1, 0.15) is 35.3 Å². The topological polar surface area (TPSA) is 78.3 Å². The number of rotatable bonds is 5. The lowest BCUT2D eigenvalue weighted by molar-refractivity contribution is 0.0690. The van der Waals surface area contributed by atoms with Gasteiger partial charge >= 0.3 is 5.97 Å². The summed E-state index contributed by atoms with van der Waals surface area (Å²) in [5.41, 5.74) is 1.14. The number of carboxylic acids is 1. The molecule has 0 radical (unpaired) electrons. The van der Waals surface area contributed by atoms with Gasteiger partial charge in [0.25, 0.3) is 0 Å². The fourth-order valence-electron chi connectivity index (χ4n) is 2.71. The average Bonchev–Trinajstić information content (AvgIpc) is 2.61. The van der Waals surface area contributed by atoms with E-state index >= 15 is 0 Å². The first-order chi connectivity index (χ1) is 11.2. The number of carbonyl (C=O) groups is 1. The highest BCUT2D eigenvalue weighted by Gasteiger charge is 2.12. The zero-order valence-electron chi connectivity index (χ0n) is 12.9. The minimum Gasteiger partial charge on any atom is -0.477 e. The third-order valence-corrected chi connectivity index (χ3v) is 3.93. The molecular formula is C17H20N4O2. The van der Waals surface area contributed by atoms with Crippen LogP contribution in [0.15, 0.2) is 36.5 Å². The Labute approximate surface area is 135 Å². The number of nitrogens with zero attached hydrogens (tertiary/aromatic N) is 3. The van der Waals surface area contributed by atoms with Crippen LogP contribution in [-0.4, -0.2) is 34.1 Å². The van der Waals surface area contributed by atoms with Gasteiger partial charge in [0.05, 0.1) is 0 Å². The van der Waals surface area contributed by atoms with Gasteiger partial charge in [-0.2, -0.15) is 0 Å². The van der Waals surface area contributed by atoms with Gasteiger partial charge in [-0.05, 0) is 49.1 Å². The zero-order valence-corrected chi connectivity index (χ0v) is 12.9. The molecule has 6 nitrogen and oxygen atoms in total. The third-order valence-electron chi connectivity index (χ3n) is 3.93. The van der Waals surface area contributed by atoms with Gasteiger partial charge in [0, 0.05) is 25.8 Å². The number of pyridine rings is 2. The Morgan fingerprint density at radius 3 is 2.83 bits per heavy atom. The highest BCUT2D eigenvalue weighted by atomic mass is 16.4. The number of aromatic nitrogens is 2. The average molecular weight is 312 g/mol. The van der Waals surface area contributed by atoms with E-state index < -0.39 is 5.97 Å². The van der Waals surface area contributed by atoms with Crippen LogP contribution in [0.5, 0.6) is 0 Å². The van der Waals surface area contributed by atoms with Crippen molar-refractivity contribution >= 4 is 17.6 Å². The van der Waals surface area contributed by atoms with Crippen molar-refractivity contribution < 1.29 is 9.90 Å². The maximum Gasteiger partial charge on any atom is 0.354 e. The van der Waals surface area contributed by atoms with Gasteiger partial charge in [-0.15, -0.1) is 0 Å². The lowest BCUT2D eigenvalue weighted by Gasteiger charge is -2.27. The van der Waals surface area contributed by atoms with Crippen molar-refractivity contribution in [2.75, 3.05) is 23.3 Å². The normalized spacial score (nSPS) is 14.5. The summed E-state index contributed by atoms with van der Waals surface area (Å²) < 4.78 is 0. The van der Waals surface area contributed by atoms with Crippen molar-refractivity contribution in [3.8, 4) is 0 Å². The second kappa shape index (κ2) is 7.09. The van der Waals surface area contributed by atoms with Crippen LogP contribution in [0.25, 0.3) is 0 Å². The van der Waals surface area contributed by atoms with Gasteiger partial charge in [-0.1, -0.05) is 6.07 Å². The molecule has 120 valence electrons. The van der Waals surface area contributed by atoms with E-state index in [0.29, 0.717) is 12.4 Å². The summed E-state index contributed by atoms with van der Waals surface area (Å²) in [5, 5.41) is 12.1. The Bertz CT molecular complexity index is 684. The van der Waals surface area contributed by atoms with Crippen LogP contribution < -0.4 is 10.2 Å². The lowest BCUT2D eigenvalue weighted by Crippen LogP contribution is -2.30. The van der Waals surface area contributed by atoms with Gasteiger partial charge in [0.2, 0.25) is 0 Å². The van der Waals surface area contributed by atoms with E-state index in [2.05, 4.69) is 26.3 Å². The predicted molar refractivity (Wildman–Crippen MR) is 88.8 cm³/mol. The van der Waals surface area contributed by atoms with E-state index in [4.69, 9.17) is 5.11 Å². The second-order valence-corrected chi connectivity index (χ2v) is 5.64. The third kappa shape index (κ3) is 3.97. The molecule has 0 unspecified atom stereocenters. The van der Waals surface area contributed by atoms with Gasteiger partial charge in [-0.25, -0.2) is 14.8 Å². The van der Waals surface area contributed by atoms with E-state index in [0.717, 1.165) is 24.5 Å². The molecule has 1 fully saturated rings. The van der Waals surface area contributed by atoms with Crippen LogP contribution in [0, 0.1) is 0 Å². The number of carboxylic acid groups (broad SMARTS) is 1. The standard InChI is InChI=1S/C17H20N4O2/c22-17(23)14-5-4-6-15(20-14)19-12-13-7-8-18-16(11-13)21-9-2-1-3-10-21/h4-8,11H,1-3,9-10,12H2,(H,19,20)(H,22,23). The van der Waals surface area contributed by atoms with E-state index in [-0.39, 0.29) is 5.69 Å². The zero-order chi connectivity index (χ0) is 16.1. The van der Waals surface area contributed by atoms with Crippen LogP contribution in [-0.2, 0) is 6.54 Å². The summed E-state index contributed by atoms with van der Waals surface area (Å²) in [7, 11) is 0. The van der Waals surface area contributed by atoms with Gasteiger partial charge in [0.1, 0.15) is 11.6 Å². The molecule has 0 spiro atoms. The van der Waals surface area contributed by atoms with Crippen molar-refractivity contribution in [3.05, 3.63) is 47.8 Å². The number of anilines is 2. The molecule has 0 aromatic carbocycles. The number of nitrogens with one attached hydrogen (secondary N) is 1. The molecule has 23 heavy (non-hydrogen) atoms. The molecule has 6 heteroatoms. The summed E-state index contributed by atoms with van der Waals surface area (Å²) in [5.74, 6) is 0.544. The highest BCUT2D eigenvalue weighted by Crippen LogP contribution is 2.18. The molecule has 2 aromatic heterocycles. The van der Waals surface area contributed by atoms with Crippen molar-refractivity contribution in [1.29, 1.82) is 0 Å². The molecule has 3 rings (SSSR count). The minimum absolute atomic E-state index is 0.0405. The van der Waals surface area contributed by atoms with Crippen LogP contribution in [0.4, 0.5) is 11.6 Å². The molecule has 0 saturated carbocycles. The molecule has 2 N–H and O–H groups in total. The van der Waals surface area contributed by atoms with E-state index in [1.54, 1.807) is 12.1 Å². The van der Waals surface area contributed by atoms with Crippen LogP contribution >= 0.6 is 0 Å². The quantitative estimate of drug-likeness (QED) is 0.884. The minimum atomic E-state index is -1.02. The van der Waals surface area contributed by atoms with Crippen molar-refractivity contribution in [2.45, 2.75) is 25.8 Å². The number of hydrogen-bond donors (Lipinski definition) is 2. The largest absolute Gasteiger partial charge is 0.477 e. The van der Waals surface area contributed by atoms with Crippen LogP contribution in [0.3, 0.4) is 0 Å². The van der Waals surface area contributed by atoms with Crippen molar-refractivity contribution in [2.24, 2.45) is 0 Å². The SMILES string of the molecule is O=C(O)c1cccc(NCc2ccnc(N3CCCCC3)c2)n1. The molecule has 1 aliphatic heterocycles. The molecule has 1 aliphatic rings. The molecule has 0 aliphatic carbocycles. The van der Waals surface area contributed by atoms with E-state index in [1.807, 2.05) is 12.3 Å². The van der Waals surface area contributed by atoms with Crippen LogP contribution in [0.2, 0.25) is 0 Å². The van der Waals surface area contributed by atoms with E-state index in [1.165, 1.54) is 25.3 Å². The van der Waals surface area contributed by atoms with Crippen molar-refractivity contribution in [1.82, 2.24) is 9.97 Å². The first kappa shape index (κ1) is 15.3. The maximum absolute atomic E-state index is 10.9. The fraction of sp³-hybridized carbons (Fsp3) is 0.353. The van der Waals surface area contributed by atoms with Crippen molar-refractivity contribution in [3.63, 3.8) is 0 Å². The first-order valence-electron chi connectivity index (χ1n) is 7.86.